The number of carbonyl (C=O) groups excluding carboxylic acids is 2. The van der Waals surface area contributed by atoms with Gasteiger partial charge in [0.2, 0.25) is 0 Å². The lowest BCUT2D eigenvalue weighted by Crippen LogP contribution is -2.38. The van der Waals surface area contributed by atoms with E-state index in [2.05, 4.69) is 16.6 Å². The molecule has 29 heavy (non-hydrogen) atoms. The van der Waals surface area contributed by atoms with Crippen molar-refractivity contribution < 1.29 is 14.3 Å². The largest absolute Gasteiger partial charge is 0.461 e. The second-order valence-electron chi connectivity index (χ2n) is 6.85. The molecule has 6 nitrogen and oxygen atoms in total. The number of anilines is 1. The van der Waals surface area contributed by atoms with Crippen molar-refractivity contribution in [1.82, 2.24) is 0 Å². The Bertz CT molecular complexity index is 928. The van der Waals surface area contributed by atoms with E-state index in [1.807, 2.05) is 18.2 Å². The molecule has 0 amide bonds. The number of Topliss-reactive ketones (excluding diaryl/α,β-unsaturated/α-hetero) is 1. The van der Waals surface area contributed by atoms with Crippen LogP contribution in [-0.4, -0.2) is 24.1 Å². The van der Waals surface area contributed by atoms with Gasteiger partial charge in [-0.2, -0.15) is 10.4 Å². The van der Waals surface area contributed by atoms with Gasteiger partial charge in [-0.1, -0.05) is 56.3 Å². The first-order valence-electron chi connectivity index (χ1n) is 9.45. The van der Waals surface area contributed by atoms with Gasteiger partial charge in [0, 0.05) is 5.92 Å². The normalized spacial score (nSPS) is 13.3. The summed E-state index contributed by atoms with van der Waals surface area (Å²) in [5.41, 5.74) is 3.44. The third-order valence-electron chi connectivity index (χ3n) is 4.51. The molecule has 0 aromatic heterocycles. The summed E-state index contributed by atoms with van der Waals surface area (Å²) in [5, 5.41) is 14.1. The third kappa shape index (κ3) is 4.69. The quantitative estimate of drug-likeness (QED) is 0.416. The van der Waals surface area contributed by atoms with Gasteiger partial charge in [0.05, 0.1) is 18.4 Å². The molecule has 1 N–H and O–H groups in total. The summed E-state index contributed by atoms with van der Waals surface area (Å²) in [7, 11) is 0. The Hall–Kier alpha value is -3.46. The average Bonchev–Trinajstić information content (AvgIpc) is 2.74. The zero-order chi connectivity index (χ0) is 21.4. The number of nitrogens with one attached hydrogen (secondary N) is 1. The van der Waals surface area contributed by atoms with E-state index in [-0.39, 0.29) is 24.0 Å². The first-order chi connectivity index (χ1) is 13.9. The van der Waals surface area contributed by atoms with E-state index < -0.39 is 11.4 Å². The van der Waals surface area contributed by atoms with Crippen molar-refractivity contribution in [1.29, 1.82) is 5.26 Å². The van der Waals surface area contributed by atoms with Crippen LogP contribution in [0.4, 0.5) is 5.69 Å². The maximum Gasteiger partial charge on any atom is 0.354 e. The van der Waals surface area contributed by atoms with Crippen molar-refractivity contribution in [2.75, 3.05) is 12.0 Å². The minimum Gasteiger partial charge on any atom is -0.461 e. The number of ketones is 1. The molecule has 6 heteroatoms. The second-order valence-corrected chi connectivity index (χ2v) is 6.85. The van der Waals surface area contributed by atoms with Crippen LogP contribution in [0.1, 0.15) is 38.8 Å². The molecule has 0 radical (unpaired) electrons. The molecule has 0 aliphatic carbocycles. The number of esters is 1. The van der Waals surface area contributed by atoms with Gasteiger partial charge in [0.15, 0.2) is 11.2 Å². The Morgan fingerprint density at radius 3 is 2.21 bits per heavy atom. The van der Waals surface area contributed by atoms with E-state index in [1.54, 1.807) is 64.1 Å². The molecule has 0 saturated heterocycles. The molecule has 150 valence electrons. The molecule has 0 saturated carbocycles. The highest BCUT2D eigenvalue weighted by molar-refractivity contribution is 6.35. The standard InChI is InChI=1S/C23H25N3O3/c1-5-29-22(28)17(4)25-26-20-13-11-19(12-14-20)23(15-24,21(27)16(2)3)18-9-7-6-8-10-18/h6-14,16,26H,5H2,1-4H3/t23-/m1/s1. The molecule has 2 rings (SSSR count). The number of hydrazone groups is 1. The maximum atomic E-state index is 13.1. The number of carbonyl (C=O) groups is 2. The van der Waals surface area contributed by atoms with Crippen molar-refractivity contribution in [3.63, 3.8) is 0 Å². The van der Waals surface area contributed by atoms with Gasteiger partial charge in [-0.3, -0.25) is 10.2 Å². The SMILES string of the molecule is CCOC(=O)C(C)=NNc1ccc([C@](C#N)(C(=O)C(C)C)c2ccccc2)cc1. The highest BCUT2D eigenvalue weighted by Gasteiger charge is 2.43. The van der Waals surface area contributed by atoms with Gasteiger partial charge in [-0.05, 0) is 37.1 Å². The fourth-order valence-corrected chi connectivity index (χ4v) is 2.98. The molecule has 0 spiro atoms. The summed E-state index contributed by atoms with van der Waals surface area (Å²) in [4.78, 5) is 24.7. The van der Waals surface area contributed by atoms with Gasteiger partial charge in [0.1, 0.15) is 5.71 Å². The van der Waals surface area contributed by atoms with Crippen LogP contribution >= 0.6 is 0 Å². The van der Waals surface area contributed by atoms with E-state index >= 15 is 0 Å². The van der Waals surface area contributed by atoms with Crippen molar-refractivity contribution >= 4 is 23.2 Å². The van der Waals surface area contributed by atoms with Gasteiger partial charge >= 0.3 is 5.97 Å². The lowest BCUT2D eigenvalue weighted by atomic mass is 9.69. The van der Waals surface area contributed by atoms with E-state index in [1.165, 1.54) is 0 Å². The molecule has 0 aliphatic heterocycles. The van der Waals surface area contributed by atoms with Crippen molar-refractivity contribution in [3.05, 3.63) is 65.7 Å². The third-order valence-corrected chi connectivity index (χ3v) is 4.51. The Kier molecular flexibility index (Phi) is 7.27. The highest BCUT2D eigenvalue weighted by atomic mass is 16.5. The summed E-state index contributed by atoms with van der Waals surface area (Å²) in [5.74, 6) is -0.973. The Morgan fingerprint density at radius 1 is 1.10 bits per heavy atom. The summed E-state index contributed by atoms with van der Waals surface area (Å²) in [6.07, 6.45) is 0. The number of benzene rings is 2. The molecule has 0 bridgehead atoms. The van der Waals surface area contributed by atoms with Crippen LogP contribution in [0.15, 0.2) is 59.7 Å². The lowest BCUT2D eigenvalue weighted by Gasteiger charge is -2.28. The van der Waals surface area contributed by atoms with Crippen LogP contribution in [0.5, 0.6) is 0 Å². The molecular formula is C23H25N3O3. The summed E-state index contributed by atoms with van der Waals surface area (Å²) >= 11 is 0. The van der Waals surface area contributed by atoms with Gasteiger partial charge in [-0.25, -0.2) is 4.79 Å². The Balaban J connectivity index is 2.40. The van der Waals surface area contributed by atoms with Crippen LogP contribution in [0.3, 0.4) is 0 Å². The van der Waals surface area contributed by atoms with Crippen molar-refractivity contribution in [2.45, 2.75) is 33.1 Å². The van der Waals surface area contributed by atoms with Gasteiger partial charge < -0.3 is 4.74 Å². The molecule has 0 aliphatic rings. The van der Waals surface area contributed by atoms with Crippen LogP contribution < -0.4 is 5.43 Å². The number of hydrogen-bond donors (Lipinski definition) is 1. The van der Waals surface area contributed by atoms with E-state index in [9.17, 15) is 14.9 Å². The average molecular weight is 391 g/mol. The molecule has 0 fully saturated rings. The number of ether oxygens (including phenoxy) is 1. The Labute approximate surface area is 171 Å². The van der Waals surface area contributed by atoms with Crippen LogP contribution in [-0.2, 0) is 19.7 Å². The lowest BCUT2D eigenvalue weighted by molar-refractivity contribution is -0.135. The number of hydrogen-bond acceptors (Lipinski definition) is 6. The maximum absolute atomic E-state index is 13.1. The van der Waals surface area contributed by atoms with E-state index in [0.717, 1.165) is 0 Å². The Morgan fingerprint density at radius 2 is 1.69 bits per heavy atom. The predicted molar refractivity (Wildman–Crippen MR) is 112 cm³/mol. The summed E-state index contributed by atoms with van der Waals surface area (Å²) < 4.78 is 4.88. The molecule has 2 aromatic carbocycles. The molecular weight excluding hydrogens is 366 g/mol. The highest BCUT2D eigenvalue weighted by Crippen LogP contribution is 2.35. The van der Waals surface area contributed by atoms with Gasteiger partial charge in [0.25, 0.3) is 0 Å². The summed E-state index contributed by atoms with van der Waals surface area (Å²) in [6.45, 7) is 7.14. The smallest absolute Gasteiger partial charge is 0.354 e. The minimum absolute atomic E-state index is 0.164. The number of nitrogens with zero attached hydrogens (tertiary/aromatic N) is 2. The van der Waals surface area contributed by atoms with Crippen LogP contribution in [0.25, 0.3) is 0 Å². The van der Waals surface area contributed by atoms with Crippen LogP contribution in [0.2, 0.25) is 0 Å². The first-order valence-corrected chi connectivity index (χ1v) is 9.45. The molecule has 0 heterocycles. The zero-order valence-electron chi connectivity index (χ0n) is 17.1. The monoisotopic (exact) mass is 391 g/mol. The van der Waals surface area contributed by atoms with E-state index in [4.69, 9.17) is 4.74 Å². The van der Waals surface area contributed by atoms with Gasteiger partial charge in [-0.15, -0.1) is 0 Å². The van der Waals surface area contributed by atoms with E-state index in [0.29, 0.717) is 16.8 Å². The number of nitriles is 1. The minimum atomic E-state index is -1.39. The molecule has 1 atom stereocenters. The predicted octanol–water partition coefficient (Wildman–Crippen LogP) is 4.07. The first kappa shape index (κ1) is 21.8. The second kappa shape index (κ2) is 9.65. The number of rotatable bonds is 8. The molecule has 2 aromatic rings. The van der Waals surface area contributed by atoms with Crippen molar-refractivity contribution in [3.8, 4) is 6.07 Å². The molecule has 0 unspecified atom stereocenters. The van der Waals surface area contributed by atoms with Crippen LogP contribution in [0, 0.1) is 17.2 Å². The topological polar surface area (TPSA) is 91.5 Å². The fraction of sp³-hybridized carbons (Fsp3) is 0.304. The zero-order valence-corrected chi connectivity index (χ0v) is 17.1. The van der Waals surface area contributed by atoms with Crippen molar-refractivity contribution in [2.24, 2.45) is 11.0 Å². The summed E-state index contributed by atoms with van der Waals surface area (Å²) in [6, 6.07) is 18.2. The fourth-order valence-electron chi connectivity index (χ4n) is 2.98.